The molecule has 1 saturated heterocycles. The number of benzene rings is 2. The Kier molecular flexibility index (Phi) is 5.89. The van der Waals surface area contributed by atoms with Gasteiger partial charge in [0.1, 0.15) is 0 Å². The van der Waals surface area contributed by atoms with Crippen LogP contribution in [0, 0.1) is 0 Å². The number of hydrogen-bond acceptors (Lipinski definition) is 5. The van der Waals surface area contributed by atoms with E-state index in [1.165, 1.54) is 5.56 Å². The molecule has 1 fully saturated rings. The Balaban J connectivity index is 1.19. The van der Waals surface area contributed by atoms with Gasteiger partial charge in [-0.15, -0.1) is 0 Å². The summed E-state index contributed by atoms with van der Waals surface area (Å²) < 4.78 is 10.6. The van der Waals surface area contributed by atoms with Crippen LogP contribution >= 0.6 is 0 Å². The molecule has 0 unspecified atom stereocenters. The molecule has 28 heavy (non-hydrogen) atoms. The number of rotatable bonds is 6. The van der Waals surface area contributed by atoms with E-state index in [1.54, 1.807) is 6.07 Å². The van der Waals surface area contributed by atoms with E-state index in [0.29, 0.717) is 12.3 Å². The van der Waals surface area contributed by atoms with E-state index in [-0.39, 0.29) is 12.7 Å². The summed E-state index contributed by atoms with van der Waals surface area (Å²) in [4.78, 5) is 16.9. The van der Waals surface area contributed by atoms with E-state index >= 15 is 0 Å². The zero-order chi connectivity index (χ0) is 19.2. The normalized spacial score (nSPS) is 17.1. The lowest BCUT2D eigenvalue weighted by Gasteiger charge is -2.33. The molecule has 2 aliphatic heterocycles. The van der Waals surface area contributed by atoms with Crippen LogP contribution in [0.2, 0.25) is 0 Å². The highest BCUT2D eigenvalue weighted by atomic mass is 16.7. The van der Waals surface area contributed by atoms with Crippen molar-refractivity contribution >= 4 is 17.7 Å². The first-order chi connectivity index (χ1) is 13.8. The number of anilines is 1. The van der Waals surface area contributed by atoms with Gasteiger partial charge in [-0.25, -0.2) is 0 Å². The van der Waals surface area contributed by atoms with E-state index in [2.05, 4.69) is 39.4 Å². The number of ether oxygens (including phenoxy) is 2. The summed E-state index contributed by atoms with van der Waals surface area (Å²) in [7, 11) is 0. The Morgan fingerprint density at radius 1 is 0.964 bits per heavy atom. The average molecular weight is 379 g/mol. The van der Waals surface area contributed by atoms with Gasteiger partial charge >= 0.3 is 0 Å². The van der Waals surface area contributed by atoms with Gasteiger partial charge in [0.25, 0.3) is 0 Å². The van der Waals surface area contributed by atoms with Crippen molar-refractivity contribution in [3.63, 3.8) is 0 Å². The molecule has 2 aromatic rings. The second-order valence-electron chi connectivity index (χ2n) is 7.01. The molecule has 4 rings (SSSR count). The summed E-state index contributed by atoms with van der Waals surface area (Å²) in [5.74, 6) is 1.39. The SMILES string of the molecule is O=C(CN1CCN(CC=Cc2ccccc2)CC1)Nc1ccc2c(c1)OCO2. The third-order valence-electron chi connectivity index (χ3n) is 4.96. The number of carbonyl (C=O) groups is 1. The summed E-state index contributed by atoms with van der Waals surface area (Å²) in [5, 5.41) is 2.94. The molecule has 0 bridgehead atoms. The third kappa shape index (κ3) is 4.91. The first-order valence-corrected chi connectivity index (χ1v) is 9.62. The number of nitrogens with one attached hydrogen (secondary N) is 1. The van der Waals surface area contributed by atoms with E-state index in [9.17, 15) is 4.79 Å². The quantitative estimate of drug-likeness (QED) is 0.836. The van der Waals surface area contributed by atoms with E-state index in [0.717, 1.165) is 44.2 Å². The monoisotopic (exact) mass is 379 g/mol. The van der Waals surface area contributed by atoms with Gasteiger partial charge in [-0.2, -0.15) is 0 Å². The average Bonchev–Trinajstić information content (AvgIpc) is 3.18. The lowest BCUT2D eigenvalue weighted by Crippen LogP contribution is -2.48. The molecule has 146 valence electrons. The van der Waals surface area contributed by atoms with Crippen molar-refractivity contribution in [2.75, 3.05) is 51.4 Å². The van der Waals surface area contributed by atoms with Crippen LogP contribution < -0.4 is 14.8 Å². The van der Waals surface area contributed by atoms with Crippen molar-refractivity contribution in [1.82, 2.24) is 9.80 Å². The van der Waals surface area contributed by atoms with Crippen LogP contribution in [0.1, 0.15) is 5.56 Å². The molecule has 1 amide bonds. The summed E-state index contributed by atoms with van der Waals surface area (Å²) >= 11 is 0. The van der Waals surface area contributed by atoms with Gasteiger partial charge in [0.05, 0.1) is 6.54 Å². The Bertz CT molecular complexity index is 830. The fourth-order valence-electron chi connectivity index (χ4n) is 3.41. The number of carbonyl (C=O) groups excluding carboxylic acids is 1. The minimum absolute atomic E-state index is 0.00344. The fraction of sp³-hybridized carbons (Fsp3) is 0.318. The molecular formula is C22H25N3O3. The lowest BCUT2D eigenvalue weighted by atomic mass is 10.2. The van der Waals surface area contributed by atoms with Gasteiger partial charge in [-0.3, -0.25) is 14.6 Å². The maximum Gasteiger partial charge on any atom is 0.238 e. The molecule has 0 spiro atoms. The standard InChI is InChI=1S/C22H25N3O3/c26-22(23-19-8-9-20-21(15-19)28-17-27-20)16-25-13-11-24(12-14-25)10-4-7-18-5-2-1-3-6-18/h1-9,15H,10-14,16-17H2,(H,23,26). The van der Waals surface area contributed by atoms with Crippen molar-refractivity contribution in [2.45, 2.75) is 0 Å². The van der Waals surface area contributed by atoms with Gasteiger partial charge in [-0.05, 0) is 17.7 Å². The van der Waals surface area contributed by atoms with Gasteiger partial charge in [0, 0.05) is 44.5 Å². The number of fused-ring (bicyclic) bond motifs is 1. The van der Waals surface area contributed by atoms with Crippen molar-refractivity contribution in [2.24, 2.45) is 0 Å². The molecule has 2 heterocycles. The number of hydrogen-bond donors (Lipinski definition) is 1. The molecule has 6 heteroatoms. The molecule has 0 atom stereocenters. The van der Waals surface area contributed by atoms with E-state index in [4.69, 9.17) is 9.47 Å². The van der Waals surface area contributed by atoms with E-state index < -0.39 is 0 Å². The van der Waals surface area contributed by atoms with Crippen LogP contribution in [-0.2, 0) is 4.79 Å². The Morgan fingerprint density at radius 2 is 1.71 bits per heavy atom. The Morgan fingerprint density at radius 3 is 2.54 bits per heavy atom. The minimum atomic E-state index is -0.00344. The molecular weight excluding hydrogens is 354 g/mol. The zero-order valence-corrected chi connectivity index (χ0v) is 15.8. The highest BCUT2D eigenvalue weighted by Crippen LogP contribution is 2.34. The minimum Gasteiger partial charge on any atom is -0.454 e. The van der Waals surface area contributed by atoms with E-state index in [1.807, 2.05) is 30.3 Å². The van der Waals surface area contributed by atoms with Crippen molar-refractivity contribution in [3.8, 4) is 11.5 Å². The molecule has 2 aromatic carbocycles. The summed E-state index contributed by atoms with van der Waals surface area (Å²) in [6.45, 7) is 5.31. The molecule has 0 aliphatic carbocycles. The smallest absolute Gasteiger partial charge is 0.238 e. The van der Waals surface area contributed by atoms with Crippen LogP contribution in [0.5, 0.6) is 11.5 Å². The first-order valence-electron chi connectivity index (χ1n) is 9.62. The second-order valence-corrected chi connectivity index (χ2v) is 7.01. The zero-order valence-electron chi connectivity index (χ0n) is 15.8. The summed E-state index contributed by atoms with van der Waals surface area (Å²) in [6.07, 6.45) is 4.36. The third-order valence-corrected chi connectivity index (χ3v) is 4.96. The van der Waals surface area contributed by atoms with Gasteiger partial charge < -0.3 is 14.8 Å². The van der Waals surface area contributed by atoms with Crippen molar-refractivity contribution in [3.05, 3.63) is 60.2 Å². The predicted molar refractivity (Wildman–Crippen MR) is 110 cm³/mol. The van der Waals surface area contributed by atoms with Crippen molar-refractivity contribution < 1.29 is 14.3 Å². The predicted octanol–water partition coefficient (Wildman–Crippen LogP) is 2.68. The molecule has 1 N–H and O–H groups in total. The Hall–Kier alpha value is -2.83. The summed E-state index contributed by atoms with van der Waals surface area (Å²) in [6, 6.07) is 15.8. The highest BCUT2D eigenvalue weighted by molar-refractivity contribution is 5.92. The topological polar surface area (TPSA) is 54.0 Å². The largest absolute Gasteiger partial charge is 0.454 e. The maximum absolute atomic E-state index is 12.3. The van der Waals surface area contributed by atoms with Crippen LogP contribution in [0.3, 0.4) is 0 Å². The highest BCUT2D eigenvalue weighted by Gasteiger charge is 2.19. The van der Waals surface area contributed by atoms with Crippen LogP contribution in [0.25, 0.3) is 6.08 Å². The summed E-state index contributed by atoms with van der Waals surface area (Å²) in [5.41, 5.74) is 1.96. The van der Waals surface area contributed by atoms with Gasteiger partial charge in [0.2, 0.25) is 12.7 Å². The van der Waals surface area contributed by atoms with Crippen LogP contribution in [-0.4, -0.2) is 61.8 Å². The molecule has 2 aliphatic rings. The lowest BCUT2D eigenvalue weighted by molar-refractivity contribution is -0.117. The fourth-order valence-corrected chi connectivity index (χ4v) is 3.41. The van der Waals surface area contributed by atoms with Crippen LogP contribution in [0.15, 0.2) is 54.6 Å². The Labute approximate surface area is 165 Å². The molecule has 0 radical (unpaired) electrons. The molecule has 0 saturated carbocycles. The second kappa shape index (κ2) is 8.91. The van der Waals surface area contributed by atoms with Crippen LogP contribution in [0.4, 0.5) is 5.69 Å². The number of amides is 1. The number of piperazine rings is 1. The van der Waals surface area contributed by atoms with Crippen molar-refractivity contribution in [1.29, 1.82) is 0 Å². The maximum atomic E-state index is 12.3. The van der Waals surface area contributed by atoms with Gasteiger partial charge in [-0.1, -0.05) is 42.5 Å². The van der Waals surface area contributed by atoms with Gasteiger partial charge in [0.15, 0.2) is 11.5 Å². The molecule has 0 aromatic heterocycles. The number of nitrogens with zero attached hydrogens (tertiary/aromatic N) is 2. The first kappa shape index (κ1) is 18.5. The molecule has 6 nitrogen and oxygen atoms in total.